The number of likely N-dealkylation sites (tertiary alicyclic amines) is 1. The van der Waals surface area contributed by atoms with Crippen molar-refractivity contribution in [2.45, 2.75) is 30.2 Å². The van der Waals surface area contributed by atoms with Crippen LogP contribution in [0.1, 0.15) is 18.4 Å². The molecule has 0 aliphatic carbocycles. The molecule has 0 unspecified atom stereocenters. The summed E-state index contributed by atoms with van der Waals surface area (Å²) in [7, 11) is -3.94. The molecule has 1 amide bonds. The molecule has 138 valence electrons. The van der Waals surface area contributed by atoms with Gasteiger partial charge in [-0.1, -0.05) is 30.3 Å². The summed E-state index contributed by atoms with van der Waals surface area (Å²) in [5.41, 5.74) is 0.867. The van der Waals surface area contributed by atoms with E-state index in [1.165, 1.54) is 12.1 Å². The topological polar surface area (TPSA) is 66.5 Å². The van der Waals surface area contributed by atoms with E-state index in [1.54, 1.807) is 4.90 Å². The minimum Gasteiger partial charge on any atom is -0.341 e. The van der Waals surface area contributed by atoms with Gasteiger partial charge in [0.2, 0.25) is 15.9 Å². The smallest absolute Gasteiger partial charge is 0.241 e. The number of hydrogen-bond acceptors (Lipinski definition) is 3. The van der Waals surface area contributed by atoms with Gasteiger partial charge in [0.1, 0.15) is 11.9 Å². The van der Waals surface area contributed by atoms with Gasteiger partial charge in [-0.3, -0.25) is 4.79 Å². The third kappa shape index (κ3) is 4.47. The number of amides is 1. The Bertz CT molecular complexity index is 848. The van der Waals surface area contributed by atoms with Gasteiger partial charge in [0.25, 0.3) is 0 Å². The lowest BCUT2D eigenvalue weighted by Gasteiger charge is -2.24. The van der Waals surface area contributed by atoms with Crippen molar-refractivity contribution in [3.8, 4) is 0 Å². The fourth-order valence-electron chi connectivity index (χ4n) is 3.06. The van der Waals surface area contributed by atoms with E-state index in [2.05, 4.69) is 4.72 Å². The summed E-state index contributed by atoms with van der Waals surface area (Å²) in [5.74, 6) is -0.741. The van der Waals surface area contributed by atoms with Crippen molar-refractivity contribution < 1.29 is 17.6 Å². The first-order valence-electron chi connectivity index (χ1n) is 8.56. The van der Waals surface area contributed by atoms with Crippen LogP contribution in [-0.2, 0) is 21.2 Å². The zero-order chi connectivity index (χ0) is 18.6. The zero-order valence-corrected chi connectivity index (χ0v) is 15.1. The summed E-state index contributed by atoms with van der Waals surface area (Å²) < 4.78 is 40.9. The van der Waals surface area contributed by atoms with Crippen molar-refractivity contribution >= 4 is 15.9 Å². The number of rotatable bonds is 6. The van der Waals surface area contributed by atoms with Crippen LogP contribution in [0.25, 0.3) is 0 Å². The molecule has 0 saturated carbocycles. The van der Waals surface area contributed by atoms with E-state index in [0.717, 1.165) is 30.5 Å². The monoisotopic (exact) mass is 376 g/mol. The van der Waals surface area contributed by atoms with Crippen LogP contribution in [0.5, 0.6) is 0 Å². The summed E-state index contributed by atoms with van der Waals surface area (Å²) in [6.45, 7) is 1.28. The third-order valence-corrected chi connectivity index (χ3v) is 5.91. The first-order valence-corrected chi connectivity index (χ1v) is 10.0. The lowest BCUT2D eigenvalue weighted by Crippen LogP contribution is -2.48. The average Bonchev–Trinajstić information content (AvgIpc) is 3.16. The van der Waals surface area contributed by atoms with Crippen LogP contribution in [0.4, 0.5) is 4.39 Å². The Hall–Kier alpha value is -2.25. The molecule has 1 atom stereocenters. The van der Waals surface area contributed by atoms with Crippen LogP contribution < -0.4 is 4.72 Å². The molecule has 1 heterocycles. The first-order chi connectivity index (χ1) is 12.5. The molecule has 2 aromatic rings. The zero-order valence-electron chi connectivity index (χ0n) is 14.3. The minimum absolute atomic E-state index is 0.0637. The minimum atomic E-state index is -3.94. The predicted octanol–water partition coefficient (Wildman–Crippen LogP) is 2.34. The van der Waals surface area contributed by atoms with Crippen molar-refractivity contribution in [3.05, 3.63) is 66.0 Å². The SMILES string of the molecule is O=C([C@@H](Cc1ccccc1)NS(=O)(=O)c1ccc(F)cc1)N1CCCC1. The quantitative estimate of drug-likeness (QED) is 0.842. The second-order valence-electron chi connectivity index (χ2n) is 6.35. The summed E-state index contributed by atoms with van der Waals surface area (Å²) in [4.78, 5) is 14.5. The molecule has 0 bridgehead atoms. The van der Waals surface area contributed by atoms with Gasteiger partial charge in [-0.25, -0.2) is 12.8 Å². The van der Waals surface area contributed by atoms with Crippen molar-refractivity contribution in [1.82, 2.24) is 9.62 Å². The molecule has 1 aliphatic heterocycles. The Morgan fingerprint density at radius 3 is 2.27 bits per heavy atom. The van der Waals surface area contributed by atoms with Crippen molar-refractivity contribution in [2.75, 3.05) is 13.1 Å². The third-order valence-electron chi connectivity index (χ3n) is 4.42. The molecule has 26 heavy (non-hydrogen) atoms. The largest absolute Gasteiger partial charge is 0.341 e. The number of hydrogen-bond donors (Lipinski definition) is 1. The van der Waals surface area contributed by atoms with Gasteiger partial charge in [0.15, 0.2) is 0 Å². The van der Waals surface area contributed by atoms with Gasteiger partial charge in [-0.15, -0.1) is 0 Å². The Morgan fingerprint density at radius 1 is 1.04 bits per heavy atom. The number of carbonyl (C=O) groups is 1. The molecular weight excluding hydrogens is 355 g/mol. The van der Waals surface area contributed by atoms with Crippen LogP contribution in [0.15, 0.2) is 59.5 Å². The van der Waals surface area contributed by atoms with E-state index in [9.17, 15) is 17.6 Å². The van der Waals surface area contributed by atoms with Crippen molar-refractivity contribution in [2.24, 2.45) is 0 Å². The van der Waals surface area contributed by atoms with Crippen LogP contribution in [0, 0.1) is 5.82 Å². The van der Waals surface area contributed by atoms with E-state index < -0.39 is 21.9 Å². The Balaban J connectivity index is 1.84. The second kappa shape index (κ2) is 7.97. The molecule has 7 heteroatoms. The Morgan fingerprint density at radius 2 is 1.65 bits per heavy atom. The van der Waals surface area contributed by atoms with E-state index in [0.29, 0.717) is 13.1 Å². The van der Waals surface area contributed by atoms with E-state index in [1.807, 2.05) is 30.3 Å². The van der Waals surface area contributed by atoms with E-state index in [4.69, 9.17) is 0 Å². The molecule has 1 saturated heterocycles. The van der Waals surface area contributed by atoms with Gasteiger partial charge in [0.05, 0.1) is 4.90 Å². The van der Waals surface area contributed by atoms with Crippen LogP contribution in [-0.4, -0.2) is 38.4 Å². The van der Waals surface area contributed by atoms with Gasteiger partial charge >= 0.3 is 0 Å². The van der Waals surface area contributed by atoms with Crippen molar-refractivity contribution in [1.29, 1.82) is 0 Å². The first kappa shape index (κ1) is 18.5. The Labute approximate surface area is 152 Å². The fraction of sp³-hybridized carbons (Fsp3) is 0.316. The number of carbonyl (C=O) groups excluding carboxylic acids is 1. The maximum Gasteiger partial charge on any atom is 0.241 e. The number of nitrogens with zero attached hydrogens (tertiary/aromatic N) is 1. The Kier molecular flexibility index (Phi) is 5.68. The molecule has 2 aromatic carbocycles. The maximum absolute atomic E-state index is 13.1. The molecule has 0 radical (unpaired) electrons. The summed E-state index contributed by atoms with van der Waals surface area (Å²) in [6, 6.07) is 12.9. The molecule has 0 spiro atoms. The lowest BCUT2D eigenvalue weighted by molar-refractivity contribution is -0.131. The highest BCUT2D eigenvalue weighted by molar-refractivity contribution is 7.89. The highest BCUT2D eigenvalue weighted by atomic mass is 32.2. The van der Waals surface area contributed by atoms with Gasteiger partial charge < -0.3 is 4.90 Å². The summed E-state index contributed by atoms with van der Waals surface area (Å²) in [6.07, 6.45) is 2.11. The lowest BCUT2D eigenvalue weighted by atomic mass is 10.1. The van der Waals surface area contributed by atoms with Gasteiger partial charge in [0, 0.05) is 13.1 Å². The molecule has 0 aromatic heterocycles. The highest BCUT2D eigenvalue weighted by Gasteiger charge is 2.30. The van der Waals surface area contributed by atoms with Gasteiger partial charge in [-0.05, 0) is 49.1 Å². The molecule has 3 rings (SSSR count). The summed E-state index contributed by atoms with van der Waals surface area (Å²) >= 11 is 0. The van der Waals surface area contributed by atoms with Crippen LogP contribution in [0.3, 0.4) is 0 Å². The fourth-order valence-corrected chi connectivity index (χ4v) is 4.25. The number of sulfonamides is 1. The standard InChI is InChI=1S/C19H21FN2O3S/c20-16-8-10-17(11-9-16)26(24,25)21-18(14-15-6-2-1-3-7-15)19(23)22-12-4-5-13-22/h1-3,6-11,18,21H,4-5,12-14H2/t18-/m1/s1. The predicted molar refractivity (Wildman–Crippen MR) is 96.5 cm³/mol. The molecule has 5 nitrogen and oxygen atoms in total. The molecular formula is C19H21FN2O3S. The normalized spacial score (nSPS) is 15.8. The molecule has 1 fully saturated rings. The number of nitrogens with one attached hydrogen (secondary N) is 1. The maximum atomic E-state index is 13.1. The van der Waals surface area contributed by atoms with E-state index >= 15 is 0 Å². The molecule has 1 N–H and O–H groups in total. The highest BCUT2D eigenvalue weighted by Crippen LogP contribution is 2.16. The van der Waals surface area contributed by atoms with Crippen LogP contribution >= 0.6 is 0 Å². The second-order valence-corrected chi connectivity index (χ2v) is 8.06. The summed E-state index contributed by atoms with van der Waals surface area (Å²) in [5, 5.41) is 0. The van der Waals surface area contributed by atoms with Crippen LogP contribution in [0.2, 0.25) is 0 Å². The number of benzene rings is 2. The van der Waals surface area contributed by atoms with Crippen molar-refractivity contribution in [3.63, 3.8) is 0 Å². The van der Waals surface area contributed by atoms with Gasteiger partial charge in [-0.2, -0.15) is 4.72 Å². The van der Waals surface area contributed by atoms with E-state index in [-0.39, 0.29) is 17.2 Å². The average molecular weight is 376 g/mol. The number of halogens is 1. The molecule has 1 aliphatic rings.